The Bertz CT molecular complexity index is 528. The number of hydrogen-bond acceptors (Lipinski definition) is 3. The van der Waals surface area contributed by atoms with E-state index in [9.17, 15) is 0 Å². The molecular weight excluding hydrogens is 250 g/mol. The minimum atomic E-state index is 0.843. The zero-order chi connectivity index (χ0) is 14.2. The highest BCUT2D eigenvalue weighted by molar-refractivity contribution is 5.80. The first-order chi connectivity index (χ1) is 9.81. The van der Waals surface area contributed by atoms with Crippen molar-refractivity contribution in [2.24, 2.45) is 4.99 Å². The summed E-state index contributed by atoms with van der Waals surface area (Å²) in [5.41, 5.74) is 2.11. The lowest BCUT2D eigenvalue weighted by Gasteiger charge is -1.98. The van der Waals surface area contributed by atoms with Crippen LogP contribution in [-0.4, -0.2) is 20.4 Å². The van der Waals surface area contributed by atoms with Gasteiger partial charge in [0.25, 0.3) is 0 Å². The van der Waals surface area contributed by atoms with Crippen LogP contribution in [0.1, 0.15) is 11.1 Å². The Kier molecular flexibility index (Phi) is 4.95. The van der Waals surface area contributed by atoms with Gasteiger partial charge in [0.2, 0.25) is 0 Å². The molecule has 3 heteroatoms. The summed E-state index contributed by atoms with van der Waals surface area (Å²) in [6, 6.07) is 15.6. The third-order valence-corrected chi connectivity index (χ3v) is 2.81. The van der Waals surface area contributed by atoms with Crippen molar-refractivity contribution in [1.29, 1.82) is 0 Å². The van der Waals surface area contributed by atoms with E-state index in [0.29, 0.717) is 0 Å². The molecule has 0 aliphatic heterocycles. The number of nitrogens with zero attached hydrogens (tertiary/aromatic N) is 1. The molecule has 0 aliphatic rings. The standard InChI is InChI=1S/C17H17NO2/c1-19-16-7-3-14(4-8-16)11-12-18-13-15-5-9-17(20-2)10-6-15/h3-13H,1-2H3/b12-11+,18-13?. The van der Waals surface area contributed by atoms with Gasteiger partial charge in [-0.2, -0.15) is 0 Å². The first-order valence-electron chi connectivity index (χ1n) is 6.29. The minimum absolute atomic E-state index is 0.843. The molecule has 3 nitrogen and oxygen atoms in total. The van der Waals surface area contributed by atoms with Gasteiger partial charge in [-0.3, -0.25) is 4.99 Å². The third kappa shape index (κ3) is 3.99. The molecule has 0 fully saturated rings. The summed E-state index contributed by atoms with van der Waals surface area (Å²) < 4.78 is 10.2. The number of aliphatic imine (C=N–C) groups is 1. The zero-order valence-electron chi connectivity index (χ0n) is 11.6. The molecule has 0 bridgehead atoms. The molecule has 102 valence electrons. The van der Waals surface area contributed by atoms with Crippen LogP contribution in [0.4, 0.5) is 0 Å². The molecule has 0 radical (unpaired) electrons. The summed E-state index contributed by atoms with van der Waals surface area (Å²) in [6.07, 6.45) is 5.52. The molecule has 0 spiro atoms. The average Bonchev–Trinajstić information content (AvgIpc) is 2.53. The van der Waals surface area contributed by atoms with Crippen LogP contribution in [0.25, 0.3) is 6.08 Å². The topological polar surface area (TPSA) is 30.8 Å². The molecule has 0 aromatic heterocycles. The maximum atomic E-state index is 5.11. The number of hydrogen-bond donors (Lipinski definition) is 0. The molecule has 0 atom stereocenters. The molecule has 0 unspecified atom stereocenters. The van der Waals surface area contributed by atoms with Crippen LogP contribution in [0.15, 0.2) is 59.7 Å². The molecule has 0 saturated carbocycles. The number of benzene rings is 2. The quantitative estimate of drug-likeness (QED) is 0.772. The Labute approximate surface area is 119 Å². The van der Waals surface area contributed by atoms with Crippen LogP contribution in [0, 0.1) is 0 Å². The maximum Gasteiger partial charge on any atom is 0.118 e. The summed E-state index contributed by atoms with van der Waals surface area (Å²) in [5.74, 6) is 1.69. The second kappa shape index (κ2) is 7.14. The highest BCUT2D eigenvalue weighted by atomic mass is 16.5. The minimum Gasteiger partial charge on any atom is -0.497 e. The fourth-order valence-electron chi connectivity index (χ4n) is 1.66. The summed E-state index contributed by atoms with van der Waals surface area (Å²) in [4.78, 5) is 4.26. The lowest BCUT2D eigenvalue weighted by Crippen LogP contribution is -1.84. The van der Waals surface area contributed by atoms with Gasteiger partial charge < -0.3 is 9.47 Å². The average molecular weight is 267 g/mol. The van der Waals surface area contributed by atoms with E-state index in [1.54, 1.807) is 26.6 Å². The molecule has 20 heavy (non-hydrogen) atoms. The van der Waals surface area contributed by atoms with Gasteiger partial charge in [-0.25, -0.2) is 0 Å². The highest BCUT2D eigenvalue weighted by Gasteiger charge is 1.90. The first-order valence-corrected chi connectivity index (χ1v) is 6.29. The SMILES string of the molecule is COc1ccc(C=N/C=C/c2ccc(OC)cc2)cc1. The van der Waals surface area contributed by atoms with Crippen molar-refractivity contribution in [3.63, 3.8) is 0 Å². The maximum absolute atomic E-state index is 5.11. The third-order valence-electron chi connectivity index (χ3n) is 2.81. The Hall–Kier alpha value is -2.55. The van der Waals surface area contributed by atoms with E-state index in [0.717, 1.165) is 22.6 Å². The van der Waals surface area contributed by atoms with Gasteiger partial charge in [0.05, 0.1) is 14.2 Å². The largest absolute Gasteiger partial charge is 0.497 e. The van der Waals surface area contributed by atoms with Gasteiger partial charge in [0.1, 0.15) is 11.5 Å². The molecule has 0 saturated heterocycles. The van der Waals surface area contributed by atoms with Gasteiger partial charge in [0.15, 0.2) is 0 Å². The van der Waals surface area contributed by atoms with E-state index < -0.39 is 0 Å². The fraction of sp³-hybridized carbons (Fsp3) is 0.118. The van der Waals surface area contributed by atoms with Crippen LogP contribution in [0.3, 0.4) is 0 Å². The van der Waals surface area contributed by atoms with Crippen molar-refractivity contribution in [3.05, 3.63) is 65.9 Å². The van der Waals surface area contributed by atoms with Crippen molar-refractivity contribution < 1.29 is 9.47 Å². The molecule has 0 amide bonds. The van der Waals surface area contributed by atoms with Crippen molar-refractivity contribution in [1.82, 2.24) is 0 Å². The van der Waals surface area contributed by atoms with Crippen LogP contribution < -0.4 is 9.47 Å². The predicted molar refractivity (Wildman–Crippen MR) is 82.6 cm³/mol. The lowest BCUT2D eigenvalue weighted by molar-refractivity contribution is 0.414. The Morgan fingerprint density at radius 1 is 0.750 bits per heavy atom. The smallest absolute Gasteiger partial charge is 0.118 e. The van der Waals surface area contributed by atoms with Gasteiger partial charge in [-0.05, 0) is 53.6 Å². The Morgan fingerprint density at radius 3 is 1.75 bits per heavy atom. The predicted octanol–water partition coefficient (Wildman–Crippen LogP) is 3.79. The second-order valence-electron chi connectivity index (χ2n) is 4.14. The van der Waals surface area contributed by atoms with E-state index in [1.807, 2.05) is 54.6 Å². The van der Waals surface area contributed by atoms with Crippen molar-refractivity contribution in [2.75, 3.05) is 14.2 Å². The second-order valence-corrected chi connectivity index (χ2v) is 4.14. The number of ether oxygens (including phenoxy) is 2. The molecule has 2 aromatic carbocycles. The van der Waals surface area contributed by atoms with Crippen LogP contribution in [-0.2, 0) is 0 Å². The van der Waals surface area contributed by atoms with Gasteiger partial charge >= 0.3 is 0 Å². The monoisotopic (exact) mass is 267 g/mol. The van der Waals surface area contributed by atoms with Crippen molar-refractivity contribution >= 4 is 12.3 Å². The van der Waals surface area contributed by atoms with E-state index in [-0.39, 0.29) is 0 Å². The summed E-state index contributed by atoms with van der Waals surface area (Å²) in [5, 5.41) is 0. The van der Waals surface area contributed by atoms with Gasteiger partial charge in [-0.15, -0.1) is 0 Å². The zero-order valence-corrected chi connectivity index (χ0v) is 11.6. The molecule has 2 aromatic rings. The number of methoxy groups -OCH3 is 2. The lowest BCUT2D eigenvalue weighted by atomic mass is 10.2. The van der Waals surface area contributed by atoms with E-state index >= 15 is 0 Å². The van der Waals surface area contributed by atoms with Gasteiger partial charge in [0, 0.05) is 12.4 Å². The summed E-state index contributed by atoms with van der Waals surface area (Å²) in [6.45, 7) is 0. The molecule has 0 N–H and O–H groups in total. The molecular formula is C17H17NO2. The Morgan fingerprint density at radius 2 is 1.25 bits per heavy atom. The van der Waals surface area contributed by atoms with Gasteiger partial charge in [-0.1, -0.05) is 12.1 Å². The van der Waals surface area contributed by atoms with Crippen molar-refractivity contribution in [2.45, 2.75) is 0 Å². The number of rotatable bonds is 5. The molecule has 0 heterocycles. The van der Waals surface area contributed by atoms with Crippen LogP contribution in [0.2, 0.25) is 0 Å². The fourth-order valence-corrected chi connectivity index (χ4v) is 1.66. The van der Waals surface area contributed by atoms with Crippen molar-refractivity contribution in [3.8, 4) is 11.5 Å². The molecule has 2 rings (SSSR count). The highest BCUT2D eigenvalue weighted by Crippen LogP contribution is 2.12. The van der Waals surface area contributed by atoms with E-state index in [1.165, 1.54) is 0 Å². The summed E-state index contributed by atoms with van der Waals surface area (Å²) in [7, 11) is 3.31. The molecule has 0 aliphatic carbocycles. The van der Waals surface area contributed by atoms with Crippen LogP contribution >= 0.6 is 0 Å². The summed E-state index contributed by atoms with van der Waals surface area (Å²) >= 11 is 0. The Balaban J connectivity index is 1.95. The van der Waals surface area contributed by atoms with E-state index in [2.05, 4.69) is 4.99 Å². The van der Waals surface area contributed by atoms with E-state index in [4.69, 9.17) is 9.47 Å². The normalized spacial score (nSPS) is 11.1. The van der Waals surface area contributed by atoms with Crippen LogP contribution in [0.5, 0.6) is 11.5 Å². The first kappa shape index (κ1) is 13.9.